The minimum absolute atomic E-state index is 0.256. The normalized spacial score (nSPS) is 14.1. The number of aromatic nitrogens is 2. The molecule has 0 radical (unpaired) electrons. The molecule has 1 aliphatic heterocycles. The molecular formula is C23H24F3N5O3S. The third kappa shape index (κ3) is 5.94. The number of ether oxygens (including phenoxy) is 3. The van der Waals surface area contributed by atoms with Crippen LogP contribution in [-0.2, 0) is 6.54 Å². The van der Waals surface area contributed by atoms with Gasteiger partial charge in [-0.05, 0) is 36.0 Å². The zero-order valence-electron chi connectivity index (χ0n) is 19.1. The van der Waals surface area contributed by atoms with Crippen molar-refractivity contribution in [1.29, 1.82) is 0 Å². The number of thiocarbonyl (C=S) groups is 1. The molecule has 2 aromatic carbocycles. The van der Waals surface area contributed by atoms with Crippen molar-refractivity contribution in [3.8, 4) is 17.2 Å². The van der Waals surface area contributed by atoms with Crippen molar-refractivity contribution in [2.45, 2.75) is 12.9 Å². The van der Waals surface area contributed by atoms with E-state index in [1.807, 2.05) is 12.1 Å². The van der Waals surface area contributed by atoms with Crippen LogP contribution in [0, 0.1) is 0 Å². The van der Waals surface area contributed by atoms with E-state index in [1.165, 1.54) is 18.5 Å². The van der Waals surface area contributed by atoms with Crippen molar-refractivity contribution in [2.75, 3.05) is 45.3 Å². The summed E-state index contributed by atoms with van der Waals surface area (Å²) in [6.07, 6.45) is -3.17. The highest BCUT2D eigenvalue weighted by Crippen LogP contribution is 2.35. The zero-order chi connectivity index (χ0) is 25.0. The Balaban J connectivity index is 1.35. The van der Waals surface area contributed by atoms with E-state index in [2.05, 4.69) is 29.8 Å². The van der Waals surface area contributed by atoms with Gasteiger partial charge in [-0.1, -0.05) is 12.1 Å². The largest absolute Gasteiger partial charge is 0.573 e. The average molecular weight is 508 g/mol. The molecule has 12 heteroatoms. The molecule has 1 saturated heterocycles. The number of hydrogen-bond donors (Lipinski definition) is 1. The Bertz CT molecular complexity index is 1190. The number of rotatable bonds is 6. The first-order chi connectivity index (χ1) is 16.8. The number of nitrogens with zero attached hydrogens (tertiary/aromatic N) is 4. The summed E-state index contributed by atoms with van der Waals surface area (Å²) in [6, 6.07) is 9.41. The van der Waals surface area contributed by atoms with E-state index >= 15 is 0 Å². The summed E-state index contributed by atoms with van der Waals surface area (Å²) in [5.74, 6) is 1.77. The first-order valence-electron chi connectivity index (χ1n) is 10.8. The number of hydrogen-bond acceptors (Lipinski definition) is 7. The van der Waals surface area contributed by atoms with Gasteiger partial charge in [0, 0.05) is 44.2 Å². The van der Waals surface area contributed by atoms with Crippen LogP contribution in [0.2, 0.25) is 0 Å². The molecule has 8 nitrogen and oxygen atoms in total. The van der Waals surface area contributed by atoms with Crippen LogP contribution in [0.5, 0.6) is 17.2 Å². The van der Waals surface area contributed by atoms with Gasteiger partial charge in [-0.15, -0.1) is 13.2 Å². The summed E-state index contributed by atoms with van der Waals surface area (Å²) in [5.41, 5.74) is 1.55. The molecule has 0 atom stereocenters. The van der Waals surface area contributed by atoms with E-state index in [9.17, 15) is 13.2 Å². The van der Waals surface area contributed by atoms with Crippen molar-refractivity contribution in [3.63, 3.8) is 0 Å². The lowest BCUT2D eigenvalue weighted by molar-refractivity contribution is -0.274. The van der Waals surface area contributed by atoms with Crippen molar-refractivity contribution >= 4 is 34.1 Å². The summed E-state index contributed by atoms with van der Waals surface area (Å²) in [4.78, 5) is 13.1. The molecule has 1 aromatic heterocycles. The molecule has 0 saturated carbocycles. The molecule has 0 unspecified atom stereocenters. The van der Waals surface area contributed by atoms with E-state index in [0.29, 0.717) is 49.3 Å². The smallest absolute Gasteiger partial charge is 0.493 e. The van der Waals surface area contributed by atoms with Crippen molar-refractivity contribution in [2.24, 2.45) is 0 Å². The van der Waals surface area contributed by atoms with Crippen LogP contribution in [0.4, 0.5) is 19.0 Å². The highest BCUT2D eigenvalue weighted by atomic mass is 32.1. The van der Waals surface area contributed by atoms with Crippen LogP contribution in [0.1, 0.15) is 5.56 Å². The van der Waals surface area contributed by atoms with Gasteiger partial charge in [0.1, 0.15) is 17.9 Å². The predicted octanol–water partition coefficient (Wildman–Crippen LogP) is 3.74. The Morgan fingerprint density at radius 2 is 1.66 bits per heavy atom. The molecule has 186 valence electrons. The van der Waals surface area contributed by atoms with Crippen LogP contribution in [0.25, 0.3) is 10.9 Å². The van der Waals surface area contributed by atoms with Crippen LogP contribution in [-0.4, -0.2) is 66.7 Å². The van der Waals surface area contributed by atoms with Gasteiger partial charge < -0.3 is 29.3 Å². The second kappa shape index (κ2) is 10.4. The van der Waals surface area contributed by atoms with E-state index in [-0.39, 0.29) is 5.75 Å². The standard InChI is InChI=1S/C23H24F3N5O3S/c1-32-19-11-17-18(12-20(19)33-2)28-14-29-21(17)30-7-9-31(10-8-30)22(35)27-13-15-3-5-16(6-4-15)34-23(24,25)26/h3-6,11-12,14H,7-10,13H2,1-2H3,(H,27,35). The van der Waals surface area contributed by atoms with Crippen LogP contribution < -0.4 is 24.4 Å². The maximum absolute atomic E-state index is 12.3. The minimum atomic E-state index is -4.71. The van der Waals surface area contributed by atoms with Gasteiger partial charge in [0.2, 0.25) is 0 Å². The number of methoxy groups -OCH3 is 2. The van der Waals surface area contributed by atoms with Crippen LogP contribution in [0.3, 0.4) is 0 Å². The van der Waals surface area contributed by atoms with Crippen molar-refractivity contribution in [1.82, 2.24) is 20.2 Å². The fourth-order valence-corrected chi connectivity index (χ4v) is 4.10. The molecule has 4 rings (SSSR count). The SMILES string of the molecule is COc1cc2ncnc(N3CCN(C(=S)NCc4ccc(OC(F)(F)F)cc4)CC3)c2cc1OC. The second-order valence-electron chi connectivity index (χ2n) is 7.75. The fourth-order valence-electron chi connectivity index (χ4n) is 3.84. The molecule has 1 fully saturated rings. The number of piperazine rings is 1. The van der Waals surface area contributed by atoms with Crippen LogP contribution >= 0.6 is 12.2 Å². The maximum atomic E-state index is 12.3. The summed E-state index contributed by atoms with van der Waals surface area (Å²) in [6.45, 7) is 3.16. The van der Waals surface area contributed by atoms with Gasteiger partial charge in [-0.3, -0.25) is 0 Å². The lowest BCUT2D eigenvalue weighted by Crippen LogP contribution is -2.51. The predicted molar refractivity (Wildman–Crippen MR) is 129 cm³/mol. The van der Waals surface area contributed by atoms with Gasteiger partial charge in [0.15, 0.2) is 16.6 Å². The fraction of sp³-hybridized carbons (Fsp3) is 0.348. The third-order valence-electron chi connectivity index (χ3n) is 5.59. The van der Waals surface area contributed by atoms with E-state index in [1.54, 1.807) is 26.4 Å². The molecule has 1 N–H and O–H groups in total. The van der Waals surface area contributed by atoms with Crippen molar-refractivity contribution in [3.05, 3.63) is 48.3 Å². The van der Waals surface area contributed by atoms with E-state index in [0.717, 1.165) is 22.3 Å². The summed E-state index contributed by atoms with van der Waals surface area (Å²) >= 11 is 5.53. The lowest BCUT2D eigenvalue weighted by atomic mass is 10.2. The minimum Gasteiger partial charge on any atom is -0.493 e. The number of benzene rings is 2. The third-order valence-corrected chi connectivity index (χ3v) is 5.99. The van der Waals surface area contributed by atoms with Gasteiger partial charge in [-0.25, -0.2) is 9.97 Å². The molecule has 0 aliphatic carbocycles. The topological polar surface area (TPSA) is 72.0 Å². The lowest BCUT2D eigenvalue weighted by Gasteiger charge is -2.37. The Labute approximate surface area is 205 Å². The Kier molecular flexibility index (Phi) is 7.29. The first kappa shape index (κ1) is 24.6. The van der Waals surface area contributed by atoms with Gasteiger partial charge in [0.05, 0.1) is 19.7 Å². The number of alkyl halides is 3. The highest BCUT2D eigenvalue weighted by molar-refractivity contribution is 7.80. The Morgan fingerprint density at radius 1 is 1.00 bits per heavy atom. The zero-order valence-corrected chi connectivity index (χ0v) is 19.9. The van der Waals surface area contributed by atoms with E-state index < -0.39 is 6.36 Å². The highest BCUT2D eigenvalue weighted by Gasteiger charge is 2.31. The van der Waals surface area contributed by atoms with Gasteiger partial charge in [-0.2, -0.15) is 0 Å². The maximum Gasteiger partial charge on any atom is 0.573 e. The molecule has 2 heterocycles. The molecule has 3 aromatic rings. The van der Waals surface area contributed by atoms with Gasteiger partial charge in [0.25, 0.3) is 0 Å². The second-order valence-corrected chi connectivity index (χ2v) is 8.13. The van der Waals surface area contributed by atoms with Gasteiger partial charge >= 0.3 is 6.36 Å². The molecule has 0 amide bonds. The number of nitrogens with one attached hydrogen (secondary N) is 1. The molecule has 1 aliphatic rings. The molecule has 0 bridgehead atoms. The van der Waals surface area contributed by atoms with Crippen molar-refractivity contribution < 1.29 is 27.4 Å². The summed E-state index contributed by atoms with van der Waals surface area (Å²) in [5, 5.41) is 4.62. The van der Waals surface area contributed by atoms with E-state index in [4.69, 9.17) is 21.7 Å². The molecule has 35 heavy (non-hydrogen) atoms. The Morgan fingerprint density at radius 3 is 2.29 bits per heavy atom. The number of anilines is 1. The molecular weight excluding hydrogens is 483 g/mol. The average Bonchev–Trinajstić information content (AvgIpc) is 2.86. The van der Waals surface area contributed by atoms with Crippen LogP contribution in [0.15, 0.2) is 42.7 Å². The first-order valence-corrected chi connectivity index (χ1v) is 11.2. The number of halogens is 3. The quantitative estimate of drug-likeness (QED) is 0.503. The summed E-state index contributed by atoms with van der Waals surface area (Å²) < 4.78 is 51.6. The summed E-state index contributed by atoms with van der Waals surface area (Å²) in [7, 11) is 3.17. The molecule has 0 spiro atoms. The monoisotopic (exact) mass is 507 g/mol. The number of fused-ring (bicyclic) bond motifs is 1. The Hall–Kier alpha value is -3.54.